The molecule has 0 spiro atoms. The van der Waals surface area contributed by atoms with Crippen LogP contribution in [0.25, 0.3) is 0 Å². The minimum absolute atomic E-state index is 0.165. The number of hydrogen-bond donors (Lipinski definition) is 1. The molecule has 1 aromatic heterocycles. The van der Waals surface area contributed by atoms with Crippen molar-refractivity contribution >= 4 is 39.2 Å². The Labute approximate surface area is 179 Å². The van der Waals surface area contributed by atoms with Gasteiger partial charge in [0.05, 0.1) is 24.2 Å². The van der Waals surface area contributed by atoms with Crippen LogP contribution >= 0.6 is 15.9 Å². The molecule has 0 radical (unpaired) electrons. The van der Waals surface area contributed by atoms with Crippen LogP contribution in [0.2, 0.25) is 0 Å². The van der Waals surface area contributed by atoms with Gasteiger partial charge in [0.15, 0.2) is 0 Å². The second-order valence-corrected chi connectivity index (χ2v) is 7.61. The van der Waals surface area contributed by atoms with E-state index >= 15 is 0 Å². The van der Waals surface area contributed by atoms with E-state index in [4.69, 9.17) is 10.1 Å². The number of aromatic nitrogens is 1. The molecule has 0 aliphatic rings. The average Bonchev–Trinajstić information content (AvgIpc) is 2.75. The summed E-state index contributed by atoms with van der Waals surface area (Å²) in [5, 5.41) is 8.65. The summed E-state index contributed by atoms with van der Waals surface area (Å²) in [5.74, 6) is -0.445. The van der Waals surface area contributed by atoms with Gasteiger partial charge in [0.25, 0.3) is 0 Å². The molecule has 0 unspecified atom stereocenters. The molecule has 2 aromatic rings. The van der Waals surface area contributed by atoms with Crippen LogP contribution in [0, 0.1) is 11.3 Å². The van der Waals surface area contributed by atoms with E-state index < -0.39 is 5.97 Å². The average molecular weight is 460 g/mol. The number of benzene rings is 1. The number of amides is 1. The zero-order valence-electron chi connectivity index (χ0n) is 16.9. The highest BCUT2D eigenvalue weighted by Crippen LogP contribution is 2.28. The number of carbonyl (C=O) groups is 2. The lowest BCUT2D eigenvalue weighted by molar-refractivity contribution is -0.140. The van der Waals surface area contributed by atoms with Gasteiger partial charge in [-0.3, -0.25) is 20.0 Å². The Balaban J connectivity index is 2.50. The third-order valence-corrected chi connectivity index (χ3v) is 5.37. The maximum atomic E-state index is 13.1. The van der Waals surface area contributed by atoms with Crippen LogP contribution in [0.15, 0.2) is 47.1 Å². The van der Waals surface area contributed by atoms with Crippen LogP contribution in [0.3, 0.4) is 0 Å². The third kappa shape index (κ3) is 5.97. The van der Waals surface area contributed by atoms with E-state index in [2.05, 4.69) is 20.9 Å². The maximum Gasteiger partial charge on any atom is 0.325 e. The van der Waals surface area contributed by atoms with Crippen molar-refractivity contribution in [2.45, 2.75) is 33.1 Å². The topological polar surface area (TPSA) is 83.4 Å². The van der Waals surface area contributed by atoms with E-state index in [0.29, 0.717) is 23.4 Å². The minimum atomic E-state index is -0.513. The van der Waals surface area contributed by atoms with E-state index in [-0.39, 0.29) is 24.1 Å². The van der Waals surface area contributed by atoms with Crippen LogP contribution in [0.4, 0.5) is 5.69 Å². The normalized spacial score (nSPS) is 10.7. The Hall–Kier alpha value is -2.54. The van der Waals surface area contributed by atoms with Crippen molar-refractivity contribution < 1.29 is 14.3 Å². The first-order valence-electron chi connectivity index (χ1n) is 9.58. The Morgan fingerprint density at radius 3 is 2.52 bits per heavy atom. The third-order valence-electron chi connectivity index (χ3n) is 4.87. The fourth-order valence-electron chi connectivity index (χ4n) is 3.03. The molecule has 0 saturated carbocycles. The van der Waals surface area contributed by atoms with E-state index in [9.17, 15) is 9.59 Å². The zero-order chi connectivity index (χ0) is 21.4. The molecular weight excluding hydrogens is 434 g/mol. The Kier molecular flexibility index (Phi) is 8.51. The van der Waals surface area contributed by atoms with Gasteiger partial charge in [-0.2, -0.15) is 0 Å². The number of hydrogen-bond acceptors (Lipinski definition) is 5. The molecule has 154 valence electrons. The molecule has 0 aliphatic heterocycles. The summed E-state index contributed by atoms with van der Waals surface area (Å²) in [4.78, 5) is 30.9. The van der Waals surface area contributed by atoms with Crippen LogP contribution in [-0.2, 0) is 14.3 Å². The van der Waals surface area contributed by atoms with Gasteiger partial charge in [-0.1, -0.05) is 48.7 Å². The number of carbonyl (C=O) groups excluding carboxylic acids is 2. The number of anilines is 1. The molecule has 1 aromatic carbocycles. The van der Waals surface area contributed by atoms with Crippen LogP contribution < -0.4 is 4.90 Å². The summed E-state index contributed by atoms with van der Waals surface area (Å²) in [5.41, 5.74) is 1.66. The molecule has 29 heavy (non-hydrogen) atoms. The molecular formula is C22H26BrN3O3. The smallest absolute Gasteiger partial charge is 0.325 e. The van der Waals surface area contributed by atoms with Crippen molar-refractivity contribution in [1.82, 2.24) is 4.98 Å². The molecule has 1 heterocycles. The summed E-state index contributed by atoms with van der Waals surface area (Å²) in [6.45, 7) is 3.89. The molecule has 0 atom stereocenters. The number of pyridine rings is 1. The summed E-state index contributed by atoms with van der Waals surface area (Å²) < 4.78 is 5.58. The van der Waals surface area contributed by atoms with E-state index in [1.807, 2.05) is 13.8 Å². The largest absolute Gasteiger partial charge is 0.468 e. The lowest BCUT2D eigenvalue weighted by atomic mass is 9.97. The fourth-order valence-corrected chi connectivity index (χ4v) is 3.39. The van der Waals surface area contributed by atoms with Gasteiger partial charge in [0, 0.05) is 22.7 Å². The van der Waals surface area contributed by atoms with Gasteiger partial charge in [-0.25, -0.2) is 0 Å². The van der Waals surface area contributed by atoms with Crippen molar-refractivity contribution in [2.24, 2.45) is 5.92 Å². The van der Waals surface area contributed by atoms with Crippen LogP contribution in [0.5, 0.6) is 0 Å². The van der Waals surface area contributed by atoms with Crippen molar-refractivity contribution in [3.8, 4) is 0 Å². The summed E-state index contributed by atoms with van der Waals surface area (Å²) in [6, 6.07) is 10.6. The quantitative estimate of drug-likeness (QED) is 0.438. The summed E-state index contributed by atoms with van der Waals surface area (Å²) in [7, 11) is 1.30. The number of nitrogens with one attached hydrogen (secondary N) is 1. The predicted octanol–water partition coefficient (Wildman–Crippen LogP) is 4.59. The molecule has 0 saturated heterocycles. The maximum absolute atomic E-state index is 13.1. The number of halogens is 1. The van der Waals surface area contributed by atoms with E-state index in [1.165, 1.54) is 12.0 Å². The number of nitrogens with zero attached hydrogens (tertiary/aromatic N) is 2. The van der Waals surface area contributed by atoms with Crippen molar-refractivity contribution in [3.05, 3.63) is 58.3 Å². The first-order chi connectivity index (χ1) is 13.9. The van der Waals surface area contributed by atoms with Gasteiger partial charge in [0.2, 0.25) is 5.91 Å². The van der Waals surface area contributed by atoms with Gasteiger partial charge >= 0.3 is 5.97 Å². The van der Waals surface area contributed by atoms with Crippen LogP contribution in [0.1, 0.15) is 44.4 Å². The second-order valence-electron chi connectivity index (χ2n) is 6.69. The highest BCUT2D eigenvalue weighted by molar-refractivity contribution is 9.10. The predicted molar refractivity (Wildman–Crippen MR) is 117 cm³/mol. The van der Waals surface area contributed by atoms with Crippen molar-refractivity contribution in [2.75, 3.05) is 18.6 Å². The number of rotatable bonds is 9. The van der Waals surface area contributed by atoms with Crippen LogP contribution in [-0.4, -0.2) is 36.2 Å². The highest BCUT2D eigenvalue weighted by atomic mass is 79.9. The molecule has 0 bridgehead atoms. The standard InChI is InChI=1S/C22H26BrN3O3/c1-4-15(5-2)12-20(27)26(14-21(28)29-3)19-10-9-16(23)13-17(19)22(24)18-8-6-7-11-25-18/h6-11,13,15,24H,4-5,12,14H2,1-3H3. The van der Waals surface area contributed by atoms with Crippen molar-refractivity contribution in [1.29, 1.82) is 5.41 Å². The Bertz CT molecular complexity index is 867. The number of ether oxygens (including phenoxy) is 1. The highest BCUT2D eigenvalue weighted by Gasteiger charge is 2.25. The first-order valence-corrected chi connectivity index (χ1v) is 10.4. The van der Waals surface area contributed by atoms with Crippen molar-refractivity contribution in [3.63, 3.8) is 0 Å². The van der Waals surface area contributed by atoms with Gasteiger partial charge in [-0.05, 0) is 36.2 Å². The Morgan fingerprint density at radius 1 is 1.21 bits per heavy atom. The SMILES string of the molecule is CCC(CC)CC(=O)N(CC(=O)OC)c1ccc(Br)cc1C(=N)c1ccccn1. The second kappa shape index (κ2) is 10.9. The lowest BCUT2D eigenvalue weighted by Gasteiger charge is -2.26. The zero-order valence-corrected chi connectivity index (χ0v) is 18.5. The Morgan fingerprint density at radius 2 is 1.93 bits per heavy atom. The molecule has 0 aliphatic carbocycles. The van der Waals surface area contributed by atoms with Gasteiger partial charge in [-0.15, -0.1) is 0 Å². The van der Waals surface area contributed by atoms with E-state index in [0.717, 1.165) is 17.3 Å². The molecule has 6 nitrogen and oxygen atoms in total. The van der Waals surface area contributed by atoms with Gasteiger partial charge < -0.3 is 9.64 Å². The molecule has 1 amide bonds. The fraction of sp³-hybridized carbons (Fsp3) is 0.364. The first kappa shape index (κ1) is 22.7. The minimum Gasteiger partial charge on any atom is -0.468 e. The number of methoxy groups -OCH3 is 1. The number of esters is 1. The molecule has 1 N–H and O–H groups in total. The van der Waals surface area contributed by atoms with E-state index in [1.54, 1.807) is 42.6 Å². The van der Waals surface area contributed by atoms with Gasteiger partial charge in [0.1, 0.15) is 6.54 Å². The molecule has 2 rings (SSSR count). The lowest BCUT2D eigenvalue weighted by Crippen LogP contribution is -2.38. The summed E-state index contributed by atoms with van der Waals surface area (Å²) in [6.07, 6.45) is 3.71. The monoisotopic (exact) mass is 459 g/mol. The molecule has 7 heteroatoms. The molecule has 0 fully saturated rings. The summed E-state index contributed by atoms with van der Waals surface area (Å²) >= 11 is 3.44.